The van der Waals surface area contributed by atoms with Crippen LogP contribution in [0.15, 0.2) is 53.3 Å². The van der Waals surface area contributed by atoms with Crippen LogP contribution >= 0.6 is 11.3 Å². The zero-order valence-electron chi connectivity index (χ0n) is 13.8. The quantitative estimate of drug-likeness (QED) is 0.729. The second-order valence-electron chi connectivity index (χ2n) is 6.05. The van der Waals surface area contributed by atoms with Gasteiger partial charge in [-0.05, 0) is 43.2 Å². The van der Waals surface area contributed by atoms with E-state index in [1.54, 1.807) is 22.3 Å². The van der Waals surface area contributed by atoms with Crippen LogP contribution in [0.3, 0.4) is 0 Å². The van der Waals surface area contributed by atoms with Crippen LogP contribution in [0, 0.1) is 6.92 Å². The van der Waals surface area contributed by atoms with Crippen molar-refractivity contribution in [3.05, 3.63) is 69.3 Å². The number of fused-ring (bicyclic) bond motifs is 1. The van der Waals surface area contributed by atoms with Gasteiger partial charge in [0.2, 0.25) is 5.91 Å². The molecule has 0 atom stereocenters. The van der Waals surface area contributed by atoms with E-state index >= 15 is 0 Å². The Bertz CT molecular complexity index is 1010. The van der Waals surface area contributed by atoms with Crippen LogP contribution < -0.4 is 10.5 Å². The molecule has 2 aromatic heterocycles. The van der Waals surface area contributed by atoms with Gasteiger partial charge in [0.15, 0.2) is 0 Å². The number of para-hydroxylation sites is 1. The summed E-state index contributed by atoms with van der Waals surface area (Å²) in [7, 11) is 0. The molecule has 0 saturated carbocycles. The minimum atomic E-state index is -0.266. The number of aryl methyl sites for hydroxylation is 1. The number of carbonyl (C=O) groups is 1. The maximum atomic E-state index is 12.7. The predicted octanol–water partition coefficient (Wildman–Crippen LogP) is 2.87. The van der Waals surface area contributed by atoms with Crippen molar-refractivity contribution in [2.45, 2.75) is 19.9 Å². The first kappa shape index (κ1) is 15.8. The fourth-order valence-electron chi connectivity index (χ4n) is 3.08. The van der Waals surface area contributed by atoms with E-state index in [0.717, 1.165) is 17.0 Å². The number of hydrogen-bond acceptors (Lipinski definition) is 4. The number of benzene rings is 1. The lowest BCUT2D eigenvalue weighted by Gasteiger charge is -2.17. The zero-order chi connectivity index (χ0) is 17.4. The van der Waals surface area contributed by atoms with Gasteiger partial charge in [-0.3, -0.25) is 9.59 Å². The first-order chi connectivity index (χ1) is 12.1. The third-order valence-electron chi connectivity index (χ3n) is 4.33. The van der Waals surface area contributed by atoms with Crippen LogP contribution in [-0.4, -0.2) is 22.2 Å². The molecule has 0 aliphatic carbocycles. The summed E-state index contributed by atoms with van der Waals surface area (Å²) in [5.41, 5.74) is 2.55. The van der Waals surface area contributed by atoms with Crippen LogP contribution in [0.25, 0.3) is 10.6 Å². The van der Waals surface area contributed by atoms with Crippen molar-refractivity contribution in [3.8, 4) is 10.6 Å². The normalized spacial score (nSPS) is 13.1. The molecule has 0 saturated heterocycles. The molecule has 0 fully saturated rings. The van der Waals surface area contributed by atoms with Gasteiger partial charge in [0.1, 0.15) is 12.2 Å². The molecule has 4 rings (SSSR count). The van der Waals surface area contributed by atoms with Gasteiger partial charge in [0, 0.05) is 23.2 Å². The van der Waals surface area contributed by atoms with Crippen molar-refractivity contribution in [1.82, 2.24) is 9.78 Å². The number of anilines is 1. The lowest BCUT2D eigenvalue weighted by Crippen LogP contribution is -2.36. The SMILES string of the molecule is Cc1ccc(-c2ccc(=O)n(CC(=O)N3CCc4ccccc43)n2)s1. The molecule has 1 aromatic carbocycles. The average Bonchev–Trinajstić information content (AvgIpc) is 3.23. The lowest BCUT2D eigenvalue weighted by atomic mass is 10.2. The van der Waals surface area contributed by atoms with Gasteiger partial charge in [-0.2, -0.15) is 5.10 Å². The number of thiophene rings is 1. The number of aromatic nitrogens is 2. The molecule has 1 aliphatic rings. The van der Waals surface area contributed by atoms with E-state index in [-0.39, 0.29) is 18.0 Å². The summed E-state index contributed by atoms with van der Waals surface area (Å²) in [6.45, 7) is 2.63. The monoisotopic (exact) mass is 351 g/mol. The molecule has 25 heavy (non-hydrogen) atoms. The van der Waals surface area contributed by atoms with E-state index in [9.17, 15) is 9.59 Å². The van der Waals surface area contributed by atoms with Crippen molar-refractivity contribution < 1.29 is 4.79 Å². The summed E-state index contributed by atoms with van der Waals surface area (Å²) in [6, 6.07) is 15.1. The van der Waals surface area contributed by atoms with Crippen molar-refractivity contribution in [1.29, 1.82) is 0 Å². The summed E-state index contributed by atoms with van der Waals surface area (Å²) >= 11 is 1.62. The molecule has 1 amide bonds. The highest BCUT2D eigenvalue weighted by molar-refractivity contribution is 7.15. The van der Waals surface area contributed by atoms with E-state index in [4.69, 9.17) is 0 Å². The molecule has 0 N–H and O–H groups in total. The Hall–Kier alpha value is -2.73. The number of amides is 1. The Morgan fingerprint density at radius 1 is 1.16 bits per heavy atom. The standard InChI is InChI=1S/C19H17N3O2S/c1-13-6-8-17(25-13)15-7-9-18(23)22(20-15)12-19(24)21-11-10-14-4-2-3-5-16(14)21/h2-9H,10-12H2,1H3. The summed E-state index contributed by atoms with van der Waals surface area (Å²) < 4.78 is 1.26. The van der Waals surface area contributed by atoms with Gasteiger partial charge in [0.25, 0.3) is 5.56 Å². The number of hydrogen-bond donors (Lipinski definition) is 0. The molecule has 3 aromatic rings. The van der Waals surface area contributed by atoms with Gasteiger partial charge < -0.3 is 4.90 Å². The first-order valence-electron chi connectivity index (χ1n) is 8.15. The topological polar surface area (TPSA) is 55.2 Å². The molecule has 0 spiro atoms. The molecule has 0 radical (unpaired) electrons. The molecule has 6 heteroatoms. The van der Waals surface area contributed by atoms with Crippen LogP contribution in [0.5, 0.6) is 0 Å². The highest BCUT2D eigenvalue weighted by Gasteiger charge is 2.24. The fourth-order valence-corrected chi connectivity index (χ4v) is 3.91. The number of carbonyl (C=O) groups excluding carboxylic acids is 1. The van der Waals surface area contributed by atoms with Crippen molar-refractivity contribution in [2.24, 2.45) is 0 Å². The molecule has 0 unspecified atom stereocenters. The zero-order valence-corrected chi connectivity index (χ0v) is 14.6. The van der Waals surface area contributed by atoms with Gasteiger partial charge in [-0.1, -0.05) is 18.2 Å². The van der Waals surface area contributed by atoms with Gasteiger partial charge in [0.05, 0.1) is 4.88 Å². The highest BCUT2D eigenvalue weighted by atomic mass is 32.1. The van der Waals surface area contributed by atoms with Crippen molar-refractivity contribution in [2.75, 3.05) is 11.4 Å². The molecular formula is C19H17N3O2S. The average molecular weight is 351 g/mol. The van der Waals surface area contributed by atoms with Crippen molar-refractivity contribution >= 4 is 22.9 Å². The second kappa shape index (κ2) is 6.29. The van der Waals surface area contributed by atoms with E-state index in [2.05, 4.69) is 5.10 Å². The Kier molecular flexibility index (Phi) is 3.97. The van der Waals surface area contributed by atoms with Crippen LogP contribution in [0.1, 0.15) is 10.4 Å². The molecule has 126 valence electrons. The molecule has 3 heterocycles. The number of nitrogens with zero attached hydrogens (tertiary/aromatic N) is 3. The molecule has 5 nitrogen and oxygen atoms in total. The van der Waals surface area contributed by atoms with Crippen LogP contribution in [-0.2, 0) is 17.8 Å². The maximum Gasteiger partial charge on any atom is 0.267 e. The Morgan fingerprint density at radius 3 is 2.80 bits per heavy atom. The van der Waals surface area contributed by atoms with E-state index in [1.165, 1.54) is 21.2 Å². The van der Waals surface area contributed by atoms with Gasteiger partial charge in [-0.15, -0.1) is 11.3 Å². The Labute approximate surface area is 149 Å². The second-order valence-corrected chi connectivity index (χ2v) is 7.34. The molecule has 0 bridgehead atoms. The third-order valence-corrected chi connectivity index (χ3v) is 5.36. The Balaban J connectivity index is 1.61. The Morgan fingerprint density at radius 2 is 2.00 bits per heavy atom. The summed E-state index contributed by atoms with van der Waals surface area (Å²) in [4.78, 5) is 28.8. The smallest absolute Gasteiger partial charge is 0.267 e. The van der Waals surface area contributed by atoms with Gasteiger partial charge >= 0.3 is 0 Å². The van der Waals surface area contributed by atoms with Crippen molar-refractivity contribution in [3.63, 3.8) is 0 Å². The summed E-state index contributed by atoms with van der Waals surface area (Å²) in [5, 5.41) is 4.39. The highest BCUT2D eigenvalue weighted by Crippen LogP contribution is 2.28. The van der Waals surface area contributed by atoms with Gasteiger partial charge in [-0.25, -0.2) is 4.68 Å². The largest absolute Gasteiger partial charge is 0.310 e. The van der Waals surface area contributed by atoms with Crippen LogP contribution in [0.4, 0.5) is 5.69 Å². The van der Waals surface area contributed by atoms with E-state index in [1.807, 2.05) is 43.3 Å². The molecule has 1 aliphatic heterocycles. The van der Waals surface area contributed by atoms with E-state index in [0.29, 0.717) is 12.2 Å². The molecular weight excluding hydrogens is 334 g/mol. The minimum Gasteiger partial charge on any atom is -0.310 e. The van der Waals surface area contributed by atoms with Crippen LogP contribution in [0.2, 0.25) is 0 Å². The predicted molar refractivity (Wildman–Crippen MR) is 99.0 cm³/mol. The number of rotatable bonds is 3. The summed E-state index contributed by atoms with van der Waals surface area (Å²) in [5.74, 6) is -0.112. The minimum absolute atomic E-state index is 0.0502. The fraction of sp³-hybridized carbons (Fsp3) is 0.211. The lowest BCUT2D eigenvalue weighted by molar-refractivity contribution is -0.119. The van der Waals surface area contributed by atoms with E-state index < -0.39 is 0 Å². The maximum absolute atomic E-state index is 12.7. The first-order valence-corrected chi connectivity index (χ1v) is 8.97. The summed E-state index contributed by atoms with van der Waals surface area (Å²) in [6.07, 6.45) is 0.846. The third kappa shape index (κ3) is 3.00.